The summed E-state index contributed by atoms with van der Waals surface area (Å²) in [4.78, 5) is 24.9. The van der Waals surface area contributed by atoms with Gasteiger partial charge in [-0.15, -0.1) is 0 Å². The highest BCUT2D eigenvalue weighted by Crippen LogP contribution is 2.24. The van der Waals surface area contributed by atoms with Gasteiger partial charge in [0.1, 0.15) is 0 Å². The lowest BCUT2D eigenvalue weighted by atomic mass is 10.1. The lowest BCUT2D eigenvalue weighted by Gasteiger charge is -2.14. The Balaban J connectivity index is 1.73. The monoisotopic (exact) mass is 287 g/mol. The highest BCUT2D eigenvalue weighted by molar-refractivity contribution is 7.07. The van der Waals surface area contributed by atoms with Crippen molar-refractivity contribution in [3.8, 4) is 0 Å². The van der Waals surface area contributed by atoms with E-state index >= 15 is 0 Å². The van der Waals surface area contributed by atoms with Crippen LogP contribution in [0.3, 0.4) is 0 Å². The average molecular weight is 287 g/mol. The van der Waals surface area contributed by atoms with Crippen molar-refractivity contribution in [2.45, 2.75) is 19.5 Å². The summed E-state index contributed by atoms with van der Waals surface area (Å²) in [5, 5.41) is 12.9. The fourth-order valence-electron chi connectivity index (χ4n) is 2.38. The summed E-state index contributed by atoms with van der Waals surface area (Å²) in [5.41, 5.74) is 3.27. The molecule has 0 fully saturated rings. The zero-order chi connectivity index (χ0) is 14.1. The smallest absolute Gasteiger partial charge is 0.335 e. The van der Waals surface area contributed by atoms with Crippen LogP contribution in [-0.2, 0) is 24.3 Å². The minimum atomic E-state index is -0.934. The first-order valence-corrected chi connectivity index (χ1v) is 7.22. The van der Waals surface area contributed by atoms with Crippen LogP contribution in [0, 0.1) is 0 Å². The molecule has 1 aliphatic heterocycles. The third-order valence-electron chi connectivity index (χ3n) is 3.46. The first-order valence-electron chi connectivity index (χ1n) is 6.27. The summed E-state index contributed by atoms with van der Waals surface area (Å²) in [6.45, 7) is 1.07. The standard InChI is InChI=1S/C15H13NO3S/c17-14(5-10-3-4-20-9-10)16-7-12-2-1-11(15(18)19)6-13(12)8-16/h1-4,6,9H,5,7-8H2,(H,18,19). The fraction of sp³-hybridized carbons (Fsp3) is 0.200. The van der Waals surface area contributed by atoms with E-state index in [1.807, 2.05) is 16.8 Å². The van der Waals surface area contributed by atoms with Gasteiger partial charge in [0.25, 0.3) is 0 Å². The molecule has 0 bridgehead atoms. The van der Waals surface area contributed by atoms with Gasteiger partial charge < -0.3 is 10.0 Å². The number of carboxylic acid groups (broad SMARTS) is 1. The zero-order valence-electron chi connectivity index (χ0n) is 10.7. The summed E-state index contributed by atoms with van der Waals surface area (Å²) < 4.78 is 0. The zero-order valence-corrected chi connectivity index (χ0v) is 11.5. The first kappa shape index (κ1) is 12.9. The maximum Gasteiger partial charge on any atom is 0.335 e. The predicted molar refractivity (Wildman–Crippen MR) is 75.7 cm³/mol. The third kappa shape index (κ3) is 2.44. The number of benzene rings is 1. The Morgan fingerprint density at radius 2 is 2.00 bits per heavy atom. The number of thiophene rings is 1. The van der Waals surface area contributed by atoms with E-state index in [1.54, 1.807) is 34.4 Å². The Kier molecular flexibility index (Phi) is 3.28. The van der Waals surface area contributed by atoms with Crippen molar-refractivity contribution < 1.29 is 14.7 Å². The molecule has 5 heteroatoms. The van der Waals surface area contributed by atoms with Crippen molar-refractivity contribution in [2.24, 2.45) is 0 Å². The minimum absolute atomic E-state index is 0.0801. The molecular weight excluding hydrogens is 274 g/mol. The molecular formula is C15H13NO3S. The van der Waals surface area contributed by atoms with Crippen molar-refractivity contribution >= 4 is 23.2 Å². The molecule has 1 aromatic carbocycles. The quantitative estimate of drug-likeness (QED) is 0.943. The molecule has 3 rings (SSSR count). The van der Waals surface area contributed by atoms with Crippen LogP contribution in [-0.4, -0.2) is 21.9 Å². The topological polar surface area (TPSA) is 57.6 Å². The number of nitrogens with zero attached hydrogens (tertiary/aromatic N) is 1. The Hall–Kier alpha value is -2.14. The third-order valence-corrected chi connectivity index (χ3v) is 4.20. The van der Waals surface area contributed by atoms with E-state index in [9.17, 15) is 9.59 Å². The van der Waals surface area contributed by atoms with Crippen molar-refractivity contribution in [3.63, 3.8) is 0 Å². The molecule has 0 aliphatic carbocycles. The summed E-state index contributed by atoms with van der Waals surface area (Å²) in [5.74, 6) is -0.854. The van der Waals surface area contributed by atoms with Crippen molar-refractivity contribution in [1.82, 2.24) is 4.90 Å². The minimum Gasteiger partial charge on any atom is -0.478 e. The van der Waals surface area contributed by atoms with Gasteiger partial charge in [0.2, 0.25) is 5.91 Å². The van der Waals surface area contributed by atoms with Crippen molar-refractivity contribution in [2.75, 3.05) is 0 Å². The van der Waals surface area contributed by atoms with Crippen LogP contribution in [0.5, 0.6) is 0 Å². The van der Waals surface area contributed by atoms with E-state index in [-0.39, 0.29) is 11.5 Å². The normalized spacial score (nSPS) is 13.3. The number of rotatable bonds is 3. The van der Waals surface area contributed by atoms with E-state index in [0.717, 1.165) is 16.7 Å². The molecule has 0 saturated carbocycles. The second-order valence-electron chi connectivity index (χ2n) is 4.85. The molecule has 102 valence electrons. The summed E-state index contributed by atoms with van der Waals surface area (Å²) in [6, 6.07) is 7.01. The molecule has 1 N–H and O–H groups in total. The Bertz CT molecular complexity index is 664. The first-order chi connectivity index (χ1) is 9.63. The highest BCUT2D eigenvalue weighted by Gasteiger charge is 2.24. The van der Waals surface area contributed by atoms with E-state index in [4.69, 9.17) is 5.11 Å². The number of fused-ring (bicyclic) bond motifs is 1. The van der Waals surface area contributed by atoms with Crippen LogP contribution in [0.4, 0.5) is 0 Å². The van der Waals surface area contributed by atoms with Gasteiger partial charge in [-0.05, 0) is 45.6 Å². The van der Waals surface area contributed by atoms with E-state index in [1.165, 1.54) is 0 Å². The number of carbonyl (C=O) groups excluding carboxylic acids is 1. The second-order valence-corrected chi connectivity index (χ2v) is 5.63. The molecule has 0 atom stereocenters. The lowest BCUT2D eigenvalue weighted by Crippen LogP contribution is -2.26. The molecule has 2 heterocycles. The van der Waals surface area contributed by atoms with Crippen LogP contribution in [0.1, 0.15) is 27.0 Å². The van der Waals surface area contributed by atoms with E-state index in [2.05, 4.69) is 0 Å². The Morgan fingerprint density at radius 3 is 2.70 bits per heavy atom. The van der Waals surface area contributed by atoms with Crippen LogP contribution in [0.25, 0.3) is 0 Å². The van der Waals surface area contributed by atoms with Gasteiger partial charge in [0, 0.05) is 13.1 Å². The maximum atomic E-state index is 12.2. The van der Waals surface area contributed by atoms with Gasteiger partial charge in [-0.1, -0.05) is 6.07 Å². The SMILES string of the molecule is O=C(O)c1ccc2c(c1)CN(C(=O)Cc1ccsc1)C2. The highest BCUT2D eigenvalue weighted by atomic mass is 32.1. The van der Waals surface area contributed by atoms with Crippen LogP contribution < -0.4 is 0 Å². The lowest BCUT2D eigenvalue weighted by molar-refractivity contribution is -0.131. The van der Waals surface area contributed by atoms with Gasteiger partial charge in [0.05, 0.1) is 12.0 Å². The van der Waals surface area contributed by atoms with Crippen LogP contribution in [0.2, 0.25) is 0 Å². The molecule has 1 aromatic heterocycles. The molecule has 0 radical (unpaired) electrons. The molecule has 4 nitrogen and oxygen atoms in total. The number of hydrogen-bond donors (Lipinski definition) is 1. The maximum absolute atomic E-state index is 12.2. The summed E-state index contributed by atoms with van der Waals surface area (Å²) >= 11 is 1.58. The molecule has 1 amide bonds. The van der Waals surface area contributed by atoms with Crippen molar-refractivity contribution in [1.29, 1.82) is 0 Å². The molecule has 2 aromatic rings. The largest absolute Gasteiger partial charge is 0.478 e. The number of carboxylic acids is 1. The number of amides is 1. The van der Waals surface area contributed by atoms with Gasteiger partial charge in [-0.3, -0.25) is 4.79 Å². The molecule has 0 spiro atoms. The Morgan fingerprint density at radius 1 is 1.20 bits per heavy atom. The fourth-order valence-corrected chi connectivity index (χ4v) is 3.05. The van der Waals surface area contributed by atoms with Gasteiger partial charge in [-0.25, -0.2) is 4.79 Å². The number of aromatic carboxylic acids is 1. The van der Waals surface area contributed by atoms with E-state index in [0.29, 0.717) is 19.5 Å². The summed E-state index contributed by atoms with van der Waals surface area (Å²) in [6.07, 6.45) is 0.406. The van der Waals surface area contributed by atoms with Crippen LogP contribution >= 0.6 is 11.3 Å². The predicted octanol–water partition coefficient (Wildman–Crippen LogP) is 2.53. The molecule has 1 aliphatic rings. The molecule has 0 saturated heterocycles. The second kappa shape index (κ2) is 5.09. The average Bonchev–Trinajstić information content (AvgIpc) is 3.05. The molecule has 20 heavy (non-hydrogen) atoms. The summed E-state index contributed by atoms with van der Waals surface area (Å²) in [7, 11) is 0. The van der Waals surface area contributed by atoms with Gasteiger partial charge >= 0.3 is 5.97 Å². The van der Waals surface area contributed by atoms with Gasteiger partial charge in [0.15, 0.2) is 0 Å². The van der Waals surface area contributed by atoms with Gasteiger partial charge in [-0.2, -0.15) is 11.3 Å². The molecule has 0 unspecified atom stereocenters. The van der Waals surface area contributed by atoms with Crippen molar-refractivity contribution in [3.05, 3.63) is 57.3 Å². The van der Waals surface area contributed by atoms with Crippen LogP contribution in [0.15, 0.2) is 35.0 Å². The Labute approximate surface area is 120 Å². The number of carbonyl (C=O) groups is 2. The van der Waals surface area contributed by atoms with E-state index < -0.39 is 5.97 Å². The number of hydrogen-bond acceptors (Lipinski definition) is 3.